The summed E-state index contributed by atoms with van der Waals surface area (Å²) in [4.78, 5) is 15.4. The molecule has 0 saturated heterocycles. The predicted molar refractivity (Wildman–Crippen MR) is 61.5 cm³/mol. The van der Waals surface area contributed by atoms with Gasteiger partial charge >= 0.3 is 0 Å². The lowest BCUT2D eigenvalue weighted by atomic mass is 10.1. The number of aromatic nitrogens is 1. The van der Waals surface area contributed by atoms with Crippen LogP contribution in [0.2, 0.25) is 0 Å². The molecule has 0 aliphatic heterocycles. The Bertz CT molecular complexity index is 285. The predicted octanol–water partition coefficient (Wildman–Crippen LogP) is 1.28. The van der Waals surface area contributed by atoms with Gasteiger partial charge in [-0.2, -0.15) is 0 Å². The van der Waals surface area contributed by atoms with Crippen LogP contribution in [0.15, 0.2) is 11.6 Å². The van der Waals surface area contributed by atoms with E-state index in [2.05, 4.69) is 10.3 Å². The standard InChI is InChI=1S/C10H17N3OS/c1-8(11)3-2-4-9(14)13-7-10-12-5-6-15-10/h5-6,8H,2-4,7,11H2,1H3,(H,13,14). The zero-order valence-corrected chi connectivity index (χ0v) is 9.72. The van der Waals surface area contributed by atoms with Gasteiger partial charge in [0.25, 0.3) is 0 Å². The van der Waals surface area contributed by atoms with E-state index in [9.17, 15) is 4.79 Å². The molecule has 1 rings (SSSR count). The Kier molecular flexibility index (Phi) is 5.28. The second kappa shape index (κ2) is 6.53. The fourth-order valence-electron chi connectivity index (χ4n) is 1.19. The van der Waals surface area contributed by atoms with Crippen molar-refractivity contribution >= 4 is 17.2 Å². The van der Waals surface area contributed by atoms with Crippen LogP contribution < -0.4 is 11.1 Å². The van der Waals surface area contributed by atoms with E-state index in [4.69, 9.17) is 5.73 Å². The van der Waals surface area contributed by atoms with Gasteiger partial charge in [-0.3, -0.25) is 4.79 Å². The first-order valence-electron chi connectivity index (χ1n) is 5.09. The average Bonchev–Trinajstić information content (AvgIpc) is 2.66. The number of carbonyl (C=O) groups excluding carboxylic acids is 1. The summed E-state index contributed by atoms with van der Waals surface area (Å²) in [5.74, 6) is 0.0749. The van der Waals surface area contributed by atoms with Crippen molar-refractivity contribution in [2.24, 2.45) is 5.73 Å². The molecule has 15 heavy (non-hydrogen) atoms. The first-order valence-corrected chi connectivity index (χ1v) is 5.97. The van der Waals surface area contributed by atoms with E-state index in [0.29, 0.717) is 13.0 Å². The summed E-state index contributed by atoms with van der Waals surface area (Å²) in [6.07, 6.45) is 4.03. The van der Waals surface area contributed by atoms with Crippen molar-refractivity contribution in [1.29, 1.82) is 0 Å². The molecule has 1 aromatic rings. The SMILES string of the molecule is CC(N)CCCC(=O)NCc1nccs1. The molecule has 5 heteroatoms. The molecule has 1 aromatic heterocycles. The van der Waals surface area contributed by atoms with Crippen molar-refractivity contribution in [3.8, 4) is 0 Å². The molecular weight excluding hydrogens is 210 g/mol. The maximum absolute atomic E-state index is 11.3. The minimum absolute atomic E-state index is 0.0749. The Morgan fingerprint density at radius 1 is 1.73 bits per heavy atom. The molecular formula is C10H17N3OS. The molecule has 1 unspecified atom stereocenters. The van der Waals surface area contributed by atoms with Crippen LogP contribution >= 0.6 is 11.3 Å². The monoisotopic (exact) mass is 227 g/mol. The van der Waals surface area contributed by atoms with Crippen LogP contribution in [0.25, 0.3) is 0 Å². The number of rotatable bonds is 6. The molecule has 1 heterocycles. The lowest BCUT2D eigenvalue weighted by Gasteiger charge is -2.05. The molecule has 0 fully saturated rings. The first-order chi connectivity index (χ1) is 7.18. The van der Waals surface area contributed by atoms with E-state index in [1.807, 2.05) is 12.3 Å². The molecule has 0 aromatic carbocycles. The van der Waals surface area contributed by atoms with Crippen LogP contribution in [0.1, 0.15) is 31.2 Å². The summed E-state index contributed by atoms with van der Waals surface area (Å²) in [5.41, 5.74) is 5.59. The van der Waals surface area contributed by atoms with Crippen molar-refractivity contribution in [3.05, 3.63) is 16.6 Å². The Balaban J connectivity index is 2.09. The molecule has 84 valence electrons. The van der Waals surface area contributed by atoms with Gasteiger partial charge in [0.2, 0.25) is 5.91 Å². The molecule has 1 atom stereocenters. The Hall–Kier alpha value is -0.940. The van der Waals surface area contributed by atoms with Crippen LogP contribution in [0.3, 0.4) is 0 Å². The van der Waals surface area contributed by atoms with Gasteiger partial charge in [-0.05, 0) is 19.8 Å². The van der Waals surface area contributed by atoms with Crippen LogP contribution in [-0.2, 0) is 11.3 Å². The molecule has 0 spiro atoms. The van der Waals surface area contributed by atoms with E-state index in [1.54, 1.807) is 17.5 Å². The van der Waals surface area contributed by atoms with Crippen LogP contribution in [0.4, 0.5) is 0 Å². The van der Waals surface area contributed by atoms with E-state index in [1.165, 1.54) is 0 Å². The minimum atomic E-state index is 0.0749. The van der Waals surface area contributed by atoms with Crippen LogP contribution in [0, 0.1) is 0 Å². The van der Waals surface area contributed by atoms with Crippen molar-refractivity contribution in [2.75, 3.05) is 0 Å². The number of nitrogens with two attached hydrogens (primary N) is 1. The van der Waals surface area contributed by atoms with E-state index >= 15 is 0 Å². The maximum Gasteiger partial charge on any atom is 0.220 e. The highest BCUT2D eigenvalue weighted by Crippen LogP contribution is 2.03. The third kappa shape index (κ3) is 5.49. The third-order valence-electron chi connectivity index (χ3n) is 1.98. The summed E-state index contributed by atoms with van der Waals surface area (Å²) in [6, 6.07) is 0.178. The zero-order chi connectivity index (χ0) is 11.1. The fraction of sp³-hybridized carbons (Fsp3) is 0.600. The Morgan fingerprint density at radius 3 is 3.13 bits per heavy atom. The quantitative estimate of drug-likeness (QED) is 0.769. The summed E-state index contributed by atoms with van der Waals surface area (Å²) in [5, 5.41) is 5.67. The number of hydrogen-bond acceptors (Lipinski definition) is 4. The number of hydrogen-bond donors (Lipinski definition) is 2. The van der Waals surface area contributed by atoms with Crippen molar-refractivity contribution in [1.82, 2.24) is 10.3 Å². The van der Waals surface area contributed by atoms with Gasteiger partial charge in [0, 0.05) is 24.0 Å². The highest BCUT2D eigenvalue weighted by molar-refractivity contribution is 7.09. The number of nitrogens with one attached hydrogen (secondary N) is 1. The topological polar surface area (TPSA) is 68.0 Å². The van der Waals surface area contributed by atoms with Gasteiger partial charge in [-0.1, -0.05) is 0 Å². The number of thiazole rings is 1. The maximum atomic E-state index is 11.3. The third-order valence-corrected chi connectivity index (χ3v) is 2.76. The Labute approximate surface area is 93.9 Å². The molecule has 0 radical (unpaired) electrons. The highest BCUT2D eigenvalue weighted by Gasteiger charge is 2.03. The van der Waals surface area contributed by atoms with Gasteiger partial charge in [0.1, 0.15) is 5.01 Å². The lowest BCUT2D eigenvalue weighted by molar-refractivity contribution is -0.121. The molecule has 0 bridgehead atoms. The second-order valence-corrected chi connectivity index (χ2v) is 4.55. The second-order valence-electron chi connectivity index (χ2n) is 3.57. The molecule has 0 aliphatic rings. The Morgan fingerprint density at radius 2 is 2.53 bits per heavy atom. The van der Waals surface area contributed by atoms with Gasteiger partial charge in [-0.15, -0.1) is 11.3 Å². The lowest BCUT2D eigenvalue weighted by Crippen LogP contribution is -2.23. The van der Waals surface area contributed by atoms with Crippen molar-refractivity contribution in [3.63, 3.8) is 0 Å². The minimum Gasteiger partial charge on any atom is -0.350 e. The van der Waals surface area contributed by atoms with E-state index < -0.39 is 0 Å². The summed E-state index contributed by atoms with van der Waals surface area (Å²) >= 11 is 1.55. The van der Waals surface area contributed by atoms with E-state index in [0.717, 1.165) is 17.8 Å². The van der Waals surface area contributed by atoms with E-state index in [-0.39, 0.29) is 11.9 Å². The summed E-state index contributed by atoms with van der Waals surface area (Å²) in [7, 11) is 0. The van der Waals surface area contributed by atoms with Crippen molar-refractivity contribution in [2.45, 2.75) is 38.8 Å². The molecule has 1 amide bonds. The summed E-state index contributed by atoms with van der Waals surface area (Å²) < 4.78 is 0. The van der Waals surface area contributed by atoms with Gasteiger partial charge < -0.3 is 11.1 Å². The first kappa shape index (κ1) is 12.1. The van der Waals surface area contributed by atoms with Gasteiger partial charge in [0.15, 0.2) is 0 Å². The number of carbonyl (C=O) groups is 1. The fourth-order valence-corrected chi connectivity index (χ4v) is 1.74. The molecule has 0 aliphatic carbocycles. The van der Waals surface area contributed by atoms with Crippen molar-refractivity contribution < 1.29 is 4.79 Å². The zero-order valence-electron chi connectivity index (χ0n) is 8.90. The van der Waals surface area contributed by atoms with Crippen LogP contribution in [0.5, 0.6) is 0 Å². The molecule has 3 N–H and O–H groups in total. The van der Waals surface area contributed by atoms with Gasteiger partial charge in [0.05, 0.1) is 6.54 Å². The van der Waals surface area contributed by atoms with Gasteiger partial charge in [-0.25, -0.2) is 4.98 Å². The molecule has 0 saturated carbocycles. The van der Waals surface area contributed by atoms with Crippen LogP contribution in [-0.4, -0.2) is 16.9 Å². The molecule has 4 nitrogen and oxygen atoms in total. The smallest absolute Gasteiger partial charge is 0.220 e. The highest BCUT2D eigenvalue weighted by atomic mass is 32.1. The summed E-state index contributed by atoms with van der Waals surface area (Å²) in [6.45, 7) is 2.49. The number of amides is 1. The average molecular weight is 227 g/mol. The number of nitrogens with zero attached hydrogens (tertiary/aromatic N) is 1. The largest absolute Gasteiger partial charge is 0.350 e. The normalized spacial score (nSPS) is 12.4.